The molecule has 0 saturated carbocycles. The minimum absolute atomic E-state index is 0.0407. The number of nitrogens with zero attached hydrogens (tertiary/aromatic N) is 2. The number of halogens is 1. The zero-order valence-electron chi connectivity index (χ0n) is 16.3. The number of anilines is 2. The van der Waals surface area contributed by atoms with Gasteiger partial charge in [0.05, 0.1) is 26.8 Å². The smallest absolute Gasteiger partial charge is 0.276 e. The summed E-state index contributed by atoms with van der Waals surface area (Å²) in [5, 5.41) is 2.97. The fraction of sp³-hybridized carbons (Fsp3) is 0.316. The molecule has 1 aromatic heterocycles. The van der Waals surface area contributed by atoms with Gasteiger partial charge in [-0.3, -0.25) is 14.1 Å². The highest BCUT2D eigenvalue weighted by Crippen LogP contribution is 2.31. The lowest BCUT2D eigenvalue weighted by Gasteiger charge is -2.34. The molecule has 2 amide bonds. The number of carbonyl (C=O) groups is 2. The second-order valence-electron chi connectivity index (χ2n) is 6.78. The van der Waals surface area contributed by atoms with E-state index in [9.17, 15) is 14.0 Å². The Morgan fingerprint density at radius 2 is 1.96 bits per heavy atom. The van der Waals surface area contributed by atoms with Crippen molar-refractivity contribution in [3.8, 4) is 5.75 Å². The second kappa shape index (κ2) is 8.22. The van der Waals surface area contributed by atoms with Crippen molar-refractivity contribution in [2.24, 2.45) is 11.5 Å². The van der Waals surface area contributed by atoms with Crippen molar-refractivity contribution < 1.29 is 18.7 Å². The average molecular weight is 390 g/mol. The van der Waals surface area contributed by atoms with Gasteiger partial charge in [0.1, 0.15) is 11.6 Å². The van der Waals surface area contributed by atoms with Crippen LogP contribution in [0.1, 0.15) is 23.7 Å². The van der Waals surface area contributed by atoms with E-state index in [0.717, 1.165) is 6.07 Å². The summed E-state index contributed by atoms with van der Waals surface area (Å²) >= 11 is 0. The first kappa shape index (κ1) is 21.1. The number of methoxy groups -OCH3 is 1. The maximum absolute atomic E-state index is 14.8. The van der Waals surface area contributed by atoms with E-state index < -0.39 is 23.7 Å². The normalized spacial score (nSPS) is 12.3. The molecule has 8 nitrogen and oxygen atoms in total. The zero-order chi connectivity index (χ0) is 21.1. The molecule has 2 rings (SSSR count). The summed E-state index contributed by atoms with van der Waals surface area (Å²) in [6, 6.07) is 7.23. The number of benzene rings is 1. The van der Waals surface area contributed by atoms with Crippen molar-refractivity contribution in [1.82, 2.24) is 9.47 Å². The van der Waals surface area contributed by atoms with Gasteiger partial charge in [0, 0.05) is 18.2 Å². The molecule has 28 heavy (non-hydrogen) atoms. The number of aromatic nitrogens is 1. The minimum atomic E-state index is -0.837. The number of carbonyl (C=O) groups excluding carboxylic acids is 2. The van der Waals surface area contributed by atoms with Crippen LogP contribution in [0.5, 0.6) is 5.75 Å². The Kier molecular flexibility index (Phi) is 6.19. The van der Waals surface area contributed by atoms with Crippen LogP contribution >= 0.6 is 0 Å². The number of quaternary nitrogens is 1. The number of rotatable bonds is 8. The zero-order valence-corrected chi connectivity index (χ0v) is 16.3. The molecule has 0 fully saturated rings. The van der Waals surface area contributed by atoms with Gasteiger partial charge < -0.3 is 21.5 Å². The molecule has 0 aliphatic rings. The lowest BCUT2D eigenvalue weighted by atomic mass is 10.1. The van der Waals surface area contributed by atoms with E-state index in [1.165, 1.54) is 7.11 Å². The van der Waals surface area contributed by atoms with Gasteiger partial charge in [0.15, 0.2) is 6.04 Å². The van der Waals surface area contributed by atoms with Crippen molar-refractivity contribution in [2.75, 3.05) is 26.5 Å². The third kappa shape index (κ3) is 4.20. The summed E-state index contributed by atoms with van der Waals surface area (Å²) in [5.41, 5.74) is 11.3. The molecule has 9 heteroatoms. The Balaban J connectivity index is 2.59. The Hall–Kier alpha value is -3.20. The first-order valence-electron chi connectivity index (χ1n) is 8.66. The van der Waals surface area contributed by atoms with Crippen molar-refractivity contribution in [1.29, 1.82) is 0 Å². The van der Waals surface area contributed by atoms with Gasteiger partial charge in [-0.2, -0.15) is 9.37 Å². The Bertz CT molecular complexity index is 901. The van der Waals surface area contributed by atoms with E-state index in [-0.39, 0.29) is 21.7 Å². The quantitative estimate of drug-likeness (QED) is 0.595. The highest BCUT2D eigenvalue weighted by molar-refractivity contribution is 5.98. The van der Waals surface area contributed by atoms with Crippen LogP contribution in [0.3, 0.4) is 0 Å². The third-order valence-corrected chi connectivity index (χ3v) is 4.60. The van der Waals surface area contributed by atoms with Gasteiger partial charge >= 0.3 is 0 Å². The maximum atomic E-state index is 14.8. The molecule has 0 radical (unpaired) electrons. The van der Waals surface area contributed by atoms with Crippen LogP contribution in [-0.4, -0.2) is 44.0 Å². The molecule has 0 aliphatic carbocycles. The summed E-state index contributed by atoms with van der Waals surface area (Å²) in [6.07, 6.45) is 0.389. The summed E-state index contributed by atoms with van der Waals surface area (Å²) in [7, 11) is 4.78. The first-order valence-corrected chi connectivity index (χ1v) is 8.66. The second-order valence-corrected chi connectivity index (χ2v) is 6.78. The molecule has 1 aromatic carbocycles. The summed E-state index contributed by atoms with van der Waals surface area (Å²) in [6.45, 7) is 1.78. The fourth-order valence-corrected chi connectivity index (χ4v) is 3.13. The van der Waals surface area contributed by atoms with Gasteiger partial charge in [-0.1, -0.05) is 13.0 Å². The van der Waals surface area contributed by atoms with Crippen molar-refractivity contribution in [2.45, 2.75) is 19.4 Å². The largest absolute Gasteiger partial charge is 0.497 e. The number of hydrogen-bond acceptors (Lipinski definition) is 5. The predicted molar refractivity (Wildman–Crippen MR) is 106 cm³/mol. The molecule has 5 N–H and O–H groups in total. The highest BCUT2D eigenvalue weighted by atomic mass is 19.1. The Labute approximate surface area is 162 Å². The van der Waals surface area contributed by atoms with E-state index >= 15 is 0 Å². The molecule has 0 aliphatic heterocycles. The Morgan fingerprint density at radius 1 is 1.29 bits per heavy atom. The molecule has 1 atom stereocenters. The molecular formula is C19H25FN5O3+. The fourth-order valence-electron chi connectivity index (χ4n) is 3.13. The van der Waals surface area contributed by atoms with Crippen LogP contribution in [-0.2, 0) is 4.79 Å². The summed E-state index contributed by atoms with van der Waals surface area (Å²) in [4.78, 5) is 28.0. The van der Waals surface area contributed by atoms with E-state index in [0.29, 0.717) is 17.9 Å². The molecule has 1 heterocycles. The standard InChI is InChI=1S/C19H24FN5O3/c1-5-15(17(22)27)25(2,3)19-14(20)10-13(16(21)26)18(24-19)23-11-7-6-8-12(9-11)28-4/h6-10,15H,5H2,1-4H3,(H4-,21,22,23,24,26,27)/p+1. The van der Waals surface area contributed by atoms with Gasteiger partial charge in [0.25, 0.3) is 17.6 Å². The number of nitrogens with one attached hydrogen (secondary N) is 1. The van der Waals surface area contributed by atoms with Crippen molar-refractivity contribution >= 4 is 29.1 Å². The number of amides is 2. The van der Waals surface area contributed by atoms with E-state index in [2.05, 4.69) is 10.3 Å². The maximum Gasteiger partial charge on any atom is 0.276 e. The van der Waals surface area contributed by atoms with E-state index in [1.807, 2.05) is 0 Å². The van der Waals surface area contributed by atoms with Crippen LogP contribution in [0.15, 0.2) is 30.3 Å². The number of ether oxygens (including phenoxy) is 1. The number of pyridine rings is 1. The number of nitrogens with two attached hydrogens (primary N) is 2. The minimum Gasteiger partial charge on any atom is -0.497 e. The number of primary amides is 2. The summed E-state index contributed by atoms with van der Waals surface area (Å²) < 4.78 is 19.8. The SMILES string of the molecule is CCC(C(N)=O)[N+](C)(C)c1nc(Nc2cccc(OC)c2)c(C(N)=O)cc1F. The lowest BCUT2D eigenvalue weighted by Crippen LogP contribution is -2.56. The lowest BCUT2D eigenvalue weighted by molar-refractivity contribution is -0.122. The molecule has 2 aromatic rings. The van der Waals surface area contributed by atoms with Crippen LogP contribution in [0.25, 0.3) is 0 Å². The Morgan fingerprint density at radius 3 is 2.50 bits per heavy atom. The first-order chi connectivity index (χ1) is 13.1. The van der Waals surface area contributed by atoms with Gasteiger partial charge in [-0.15, -0.1) is 0 Å². The molecule has 0 saturated heterocycles. The monoisotopic (exact) mass is 390 g/mol. The van der Waals surface area contributed by atoms with E-state index in [4.69, 9.17) is 16.2 Å². The third-order valence-electron chi connectivity index (χ3n) is 4.60. The predicted octanol–water partition coefficient (Wildman–Crippen LogP) is 1.90. The van der Waals surface area contributed by atoms with Crippen molar-refractivity contribution in [3.63, 3.8) is 0 Å². The molecule has 0 spiro atoms. The number of hydrogen-bond donors (Lipinski definition) is 3. The van der Waals surface area contributed by atoms with Crippen LogP contribution in [0.4, 0.5) is 21.7 Å². The molecule has 150 valence electrons. The average Bonchev–Trinajstić information content (AvgIpc) is 2.62. The van der Waals surface area contributed by atoms with Crippen LogP contribution in [0.2, 0.25) is 0 Å². The molecular weight excluding hydrogens is 365 g/mol. The van der Waals surface area contributed by atoms with Crippen LogP contribution < -0.4 is 26.0 Å². The van der Waals surface area contributed by atoms with Crippen LogP contribution in [0, 0.1) is 5.82 Å². The van der Waals surface area contributed by atoms with Gasteiger partial charge in [-0.05, 0) is 18.2 Å². The van der Waals surface area contributed by atoms with Gasteiger partial charge in [0.2, 0.25) is 5.82 Å². The molecule has 0 bridgehead atoms. The topological polar surface area (TPSA) is 120 Å². The van der Waals surface area contributed by atoms with Crippen molar-refractivity contribution in [3.05, 3.63) is 41.7 Å². The van der Waals surface area contributed by atoms with E-state index in [1.54, 1.807) is 45.3 Å². The van der Waals surface area contributed by atoms with Gasteiger partial charge in [-0.25, -0.2) is 0 Å². The molecule has 1 unspecified atom stereocenters. The summed E-state index contributed by atoms with van der Waals surface area (Å²) in [5.74, 6) is -1.55. The highest BCUT2D eigenvalue weighted by Gasteiger charge is 2.38. The number of likely N-dealkylation sites (N-methyl/N-ethyl adjacent to an activating group) is 1.